The highest BCUT2D eigenvalue weighted by molar-refractivity contribution is 5.81. The lowest BCUT2D eigenvalue weighted by atomic mass is 10.0. The first-order chi connectivity index (χ1) is 6.56. The number of hydrogen-bond acceptors (Lipinski definition) is 2. The molecule has 3 nitrogen and oxygen atoms in total. The molecule has 0 aromatic heterocycles. The molecule has 3 heteroatoms. The maximum absolute atomic E-state index is 11.9. The summed E-state index contributed by atoms with van der Waals surface area (Å²) in [6.07, 6.45) is 0.909. The Bertz CT molecular complexity index is 165. The van der Waals surface area contributed by atoms with E-state index in [9.17, 15) is 4.79 Å². The van der Waals surface area contributed by atoms with Crippen LogP contribution in [0.5, 0.6) is 0 Å². The fourth-order valence-electron chi connectivity index (χ4n) is 1.57. The second-order valence-electron chi connectivity index (χ2n) is 3.98. The smallest absolute Gasteiger partial charge is 0.239 e. The molecular weight excluding hydrogens is 176 g/mol. The number of amides is 1. The number of carbonyl (C=O) groups excluding carboxylic acids is 1. The van der Waals surface area contributed by atoms with Crippen molar-refractivity contribution in [3.8, 4) is 0 Å². The Morgan fingerprint density at radius 2 is 1.79 bits per heavy atom. The second kappa shape index (κ2) is 6.82. The van der Waals surface area contributed by atoms with Crippen LogP contribution in [-0.2, 0) is 4.79 Å². The van der Waals surface area contributed by atoms with Crippen LogP contribution < -0.4 is 5.32 Å². The Balaban J connectivity index is 4.28. The van der Waals surface area contributed by atoms with Crippen molar-refractivity contribution in [2.75, 3.05) is 20.1 Å². The summed E-state index contributed by atoms with van der Waals surface area (Å²) in [5.74, 6) is 0.776. The van der Waals surface area contributed by atoms with Crippen molar-refractivity contribution in [1.29, 1.82) is 0 Å². The molecule has 1 N–H and O–H groups in total. The maximum Gasteiger partial charge on any atom is 0.239 e. The first-order valence-corrected chi connectivity index (χ1v) is 5.52. The minimum absolute atomic E-state index is 0.0186. The van der Waals surface area contributed by atoms with E-state index in [2.05, 4.69) is 19.2 Å². The van der Waals surface area contributed by atoms with E-state index in [-0.39, 0.29) is 11.9 Å². The van der Waals surface area contributed by atoms with Crippen molar-refractivity contribution in [2.45, 2.75) is 40.2 Å². The zero-order valence-corrected chi connectivity index (χ0v) is 10.1. The average Bonchev–Trinajstić information content (AvgIpc) is 2.15. The number of carbonyl (C=O) groups is 1. The van der Waals surface area contributed by atoms with Gasteiger partial charge in [0.25, 0.3) is 0 Å². The van der Waals surface area contributed by atoms with Crippen molar-refractivity contribution in [3.63, 3.8) is 0 Å². The van der Waals surface area contributed by atoms with E-state index in [0.29, 0.717) is 5.92 Å². The van der Waals surface area contributed by atoms with Gasteiger partial charge in [0.1, 0.15) is 0 Å². The van der Waals surface area contributed by atoms with Crippen molar-refractivity contribution >= 4 is 5.91 Å². The highest BCUT2D eigenvalue weighted by Gasteiger charge is 2.21. The minimum Gasteiger partial charge on any atom is -0.342 e. The zero-order chi connectivity index (χ0) is 11.1. The van der Waals surface area contributed by atoms with E-state index in [0.717, 1.165) is 19.5 Å². The van der Waals surface area contributed by atoms with Crippen LogP contribution in [0.15, 0.2) is 0 Å². The summed E-state index contributed by atoms with van der Waals surface area (Å²) in [7, 11) is 1.86. The van der Waals surface area contributed by atoms with Crippen LogP contribution in [0.1, 0.15) is 34.1 Å². The van der Waals surface area contributed by atoms with Crippen LogP contribution in [0.3, 0.4) is 0 Å². The first kappa shape index (κ1) is 13.4. The van der Waals surface area contributed by atoms with Crippen LogP contribution in [-0.4, -0.2) is 37.0 Å². The molecule has 1 atom stereocenters. The zero-order valence-electron chi connectivity index (χ0n) is 10.1. The lowest BCUT2D eigenvalue weighted by Crippen LogP contribution is -2.45. The number of likely N-dealkylation sites (N-methyl/N-ethyl adjacent to an activating group) is 2. The summed E-state index contributed by atoms with van der Waals surface area (Å²) >= 11 is 0. The van der Waals surface area contributed by atoms with E-state index in [1.54, 1.807) is 0 Å². The van der Waals surface area contributed by atoms with Gasteiger partial charge in [0.2, 0.25) is 5.91 Å². The molecule has 0 aliphatic carbocycles. The van der Waals surface area contributed by atoms with Crippen molar-refractivity contribution in [1.82, 2.24) is 10.2 Å². The molecule has 14 heavy (non-hydrogen) atoms. The lowest BCUT2D eigenvalue weighted by Gasteiger charge is -2.25. The summed E-state index contributed by atoms with van der Waals surface area (Å²) in [4.78, 5) is 13.8. The van der Waals surface area contributed by atoms with Crippen molar-refractivity contribution < 1.29 is 4.79 Å². The molecule has 1 amide bonds. The number of hydrogen-bond donors (Lipinski definition) is 1. The van der Waals surface area contributed by atoms with Crippen LogP contribution in [0.4, 0.5) is 0 Å². The Morgan fingerprint density at radius 3 is 2.07 bits per heavy atom. The molecule has 84 valence electrons. The monoisotopic (exact) mass is 200 g/mol. The fourth-order valence-corrected chi connectivity index (χ4v) is 1.57. The second-order valence-corrected chi connectivity index (χ2v) is 3.98. The van der Waals surface area contributed by atoms with Gasteiger partial charge in [0.05, 0.1) is 6.04 Å². The molecule has 0 heterocycles. The topological polar surface area (TPSA) is 32.3 Å². The third-order valence-corrected chi connectivity index (χ3v) is 2.43. The number of rotatable bonds is 6. The van der Waals surface area contributed by atoms with Gasteiger partial charge in [0.15, 0.2) is 0 Å². The molecule has 0 saturated heterocycles. The third kappa shape index (κ3) is 4.09. The summed E-state index contributed by atoms with van der Waals surface area (Å²) in [6, 6.07) is -0.0186. The summed E-state index contributed by atoms with van der Waals surface area (Å²) < 4.78 is 0. The lowest BCUT2D eigenvalue weighted by molar-refractivity contribution is -0.133. The van der Waals surface area contributed by atoms with Gasteiger partial charge >= 0.3 is 0 Å². The number of nitrogens with one attached hydrogen (secondary N) is 1. The van der Waals surface area contributed by atoms with Gasteiger partial charge in [-0.1, -0.05) is 13.8 Å². The minimum atomic E-state index is -0.0186. The van der Waals surface area contributed by atoms with Gasteiger partial charge in [-0.05, 0) is 33.2 Å². The average molecular weight is 200 g/mol. The maximum atomic E-state index is 11.9. The molecule has 0 saturated carbocycles. The molecule has 0 aromatic carbocycles. The number of nitrogens with zero attached hydrogens (tertiary/aromatic N) is 1. The van der Waals surface area contributed by atoms with E-state index in [1.165, 1.54) is 0 Å². The van der Waals surface area contributed by atoms with Gasteiger partial charge in [-0.15, -0.1) is 0 Å². The SMILES string of the molecule is CCN(CC)C(=O)C(CC(C)C)NC. The van der Waals surface area contributed by atoms with Crippen LogP contribution in [0.2, 0.25) is 0 Å². The van der Waals surface area contributed by atoms with E-state index in [4.69, 9.17) is 0 Å². The first-order valence-electron chi connectivity index (χ1n) is 5.52. The summed E-state index contributed by atoms with van der Waals surface area (Å²) in [6.45, 7) is 9.91. The summed E-state index contributed by atoms with van der Waals surface area (Å²) in [5, 5.41) is 3.09. The largest absolute Gasteiger partial charge is 0.342 e. The normalized spacial score (nSPS) is 13.0. The Labute approximate surface area is 87.9 Å². The molecule has 0 rings (SSSR count). The highest BCUT2D eigenvalue weighted by atomic mass is 16.2. The molecular formula is C11H24N2O. The van der Waals surface area contributed by atoms with E-state index in [1.807, 2.05) is 25.8 Å². The predicted molar refractivity (Wildman–Crippen MR) is 60.2 cm³/mol. The molecule has 1 unspecified atom stereocenters. The molecule has 0 bridgehead atoms. The van der Waals surface area contributed by atoms with E-state index < -0.39 is 0 Å². The third-order valence-electron chi connectivity index (χ3n) is 2.43. The Morgan fingerprint density at radius 1 is 1.29 bits per heavy atom. The molecule has 0 radical (unpaired) electrons. The van der Waals surface area contributed by atoms with Crippen LogP contribution in [0.25, 0.3) is 0 Å². The predicted octanol–water partition coefficient (Wildman–Crippen LogP) is 1.49. The van der Waals surface area contributed by atoms with Gasteiger partial charge in [0, 0.05) is 13.1 Å². The molecule has 0 aliphatic heterocycles. The quantitative estimate of drug-likeness (QED) is 0.704. The van der Waals surface area contributed by atoms with Crippen LogP contribution in [0, 0.1) is 5.92 Å². The van der Waals surface area contributed by atoms with Crippen molar-refractivity contribution in [3.05, 3.63) is 0 Å². The Kier molecular flexibility index (Phi) is 6.54. The standard InChI is InChI=1S/C11H24N2O/c1-6-13(7-2)11(14)10(12-5)8-9(3)4/h9-10,12H,6-8H2,1-5H3. The molecule has 0 fully saturated rings. The van der Waals surface area contributed by atoms with E-state index >= 15 is 0 Å². The van der Waals surface area contributed by atoms with Crippen LogP contribution >= 0.6 is 0 Å². The fraction of sp³-hybridized carbons (Fsp3) is 0.909. The molecule has 0 aromatic rings. The Hall–Kier alpha value is -0.570. The summed E-state index contributed by atoms with van der Waals surface area (Å²) in [5.41, 5.74) is 0. The molecule has 0 spiro atoms. The van der Waals surface area contributed by atoms with Gasteiger partial charge in [-0.25, -0.2) is 0 Å². The van der Waals surface area contributed by atoms with Crippen molar-refractivity contribution in [2.24, 2.45) is 5.92 Å². The van der Waals surface area contributed by atoms with Gasteiger partial charge in [-0.3, -0.25) is 4.79 Å². The van der Waals surface area contributed by atoms with Gasteiger partial charge < -0.3 is 10.2 Å². The molecule has 0 aliphatic rings. The highest BCUT2D eigenvalue weighted by Crippen LogP contribution is 2.07. The van der Waals surface area contributed by atoms with Gasteiger partial charge in [-0.2, -0.15) is 0 Å².